The first-order valence-electron chi connectivity index (χ1n) is 6.63. The van der Waals surface area contributed by atoms with Crippen molar-refractivity contribution < 1.29 is 22.8 Å². The Morgan fingerprint density at radius 2 is 2.18 bits per heavy atom. The van der Waals surface area contributed by atoms with Gasteiger partial charge in [-0.1, -0.05) is 0 Å². The van der Waals surface area contributed by atoms with Crippen LogP contribution < -0.4 is 10.1 Å². The minimum atomic E-state index is -3.03. The zero-order chi connectivity index (χ0) is 16.3. The van der Waals surface area contributed by atoms with Crippen molar-refractivity contribution in [3.63, 3.8) is 0 Å². The third kappa shape index (κ3) is 4.03. The lowest BCUT2D eigenvalue weighted by Crippen LogP contribution is -2.14. The number of anilines is 1. The molecule has 0 saturated heterocycles. The molecule has 22 heavy (non-hydrogen) atoms. The van der Waals surface area contributed by atoms with Crippen LogP contribution in [0.1, 0.15) is 27.5 Å². The van der Waals surface area contributed by atoms with Crippen molar-refractivity contribution in [3.05, 3.63) is 27.1 Å². The van der Waals surface area contributed by atoms with Crippen LogP contribution in [0.5, 0.6) is 5.88 Å². The van der Waals surface area contributed by atoms with Crippen molar-refractivity contribution in [3.8, 4) is 5.88 Å². The van der Waals surface area contributed by atoms with Crippen LogP contribution >= 0.6 is 11.3 Å². The standard InChI is InChI=1S/C14H16F2N2O3S/c1-7-6-10(9(3)22-7)4-5-11(19)17-12-8(2)21-18-13(12)20-14(15)16/h6,14H,4-5H2,1-3H3,(H,17,19). The van der Waals surface area contributed by atoms with Gasteiger partial charge in [0.15, 0.2) is 5.76 Å². The summed E-state index contributed by atoms with van der Waals surface area (Å²) in [6, 6.07) is 2.04. The molecule has 0 bridgehead atoms. The maximum Gasteiger partial charge on any atom is 0.388 e. The van der Waals surface area contributed by atoms with Crippen LogP contribution in [-0.2, 0) is 11.2 Å². The zero-order valence-electron chi connectivity index (χ0n) is 12.4. The minimum Gasteiger partial charge on any atom is -0.412 e. The van der Waals surface area contributed by atoms with Gasteiger partial charge in [-0.15, -0.1) is 11.3 Å². The number of rotatable bonds is 6. The third-order valence-electron chi connectivity index (χ3n) is 3.06. The van der Waals surface area contributed by atoms with Crippen molar-refractivity contribution in [1.82, 2.24) is 5.16 Å². The Morgan fingerprint density at radius 1 is 1.45 bits per heavy atom. The summed E-state index contributed by atoms with van der Waals surface area (Å²) in [4.78, 5) is 14.3. The number of thiophene rings is 1. The molecule has 120 valence electrons. The van der Waals surface area contributed by atoms with Crippen LogP contribution in [-0.4, -0.2) is 17.7 Å². The number of halogens is 2. The number of hydrogen-bond donors (Lipinski definition) is 1. The Bertz CT molecular complexity index is 667. The summed E-state index contributed by atoms with van der Waals surface area (Å²) in [6.45, 7) is 2.49. The highest BCUT2D eigenvalue weighted by Crippen LogP contribution is 2.29. The van der Waals surface area contributed by atoms with Crippen LogP contribution in [0.3, 0.4) is 0 Å². The zero-order valence-corrected chi connectivity index (χ0v) is 13.2. The molecule has 2 heterocycles. The molecule has 0 radical (unpaired) electrons. The van der Waals surface area contributed by atoms with E-state index in [0.29, 0.717) is 6.42 Å². The van der Waals surface area contributed by atoms with Crippen molar-refractivity contribution in [2.24, 2.45) is 0 Å². The SMILES string of the molecule is Cc1cc(CCC(=O)Nc2c(OC(F)F)noc2C)c(C)s1. The Labute approximate surface area is 130 Å². The molecule has 5 nitrogen and oxygen atoms in total. The molecule has 1 N–H and O–H groups in total. The third-order valence-corrected chi connectivity index (χ3v) is 4.07. The first-order valence-corrected chi connectivity index (χ1v) is 7.45. The Morgan fingerprint density at radius 3 is 2.77 bits per heavy atom. The molecule has 0 saturated carbocycles. The molecule has 1 amide bonds. The summed E-state index contributed by atoms with van der Waals surface area (Å²) in [5, 5.41) is 5.86. The molecular weight excluding hydrogens is 314 g/mol. The van der Waals surface area contributed by atoms with Crippen molar-refractivity contribution in [2.75, 3.05) is 5.32 Å². The molecule has 0 spiro atoms. The van der Waals surface area contributed by atoms with E-state index in [0.717, 1.165) is 5.56 Å². The summed E-state index contributed by atoms with van der Waals surface area (Å²) in [5.74, 6) is -0.511. The second-order valence-corrected chi connectivity index (χ2v) is 6.24. The van der Waals surface area contributed by atoms with Gasteiger partial charge in [0.05, 0.1) is 0 Å². The number of carbonyl (C=O) groups is 1. The topological polar surface area (TPSA) is 64.4 Å². The molecular formula is C14H16F2N2O3S. The van der Waals surface area contributed by atoms with Crippen LogP contribution in [0.25, 0.3) is 0 Å². The number of aromatic nitrogens is 1. The van der Waals surface area contributed by atoms with Crippen LogP contribution in [0, 0.1) is 20.8 Å². The average molecular weight is 330 g/mol. The van der Waals surface area contributed by atoms with Gasteiger partial charge in [-0.05, 0) is 44.0 Å². The molecule has 0 aromatic carbocycles. The van der Waals surface area contributed by atoms with E-state index in [1.165, 1.54) is 16.7 Å². The largest absolute Gasteiger partial charge is 0.412 e. The van der Waals surface area contributed by atoms with E-state index in [9.17, 15) is 13.6 Å². The number of nitrogens with zero attached hydrogens (tertiary/aromatic N) is 1. The van der Waals surface area contributed by atoms with Crippen LogP contribution in [0.2, 0.25) is 0 Å². The molecule has 0 aliphatic rings. The summed E-state index contributed by atoms with van der Waals surface area (Å²) < 4.78 is 33.5. The summed E-state index contributed by atoms with van der Waals surface area (Å²) in [6.07, 6.45) is 0.813. The fourth-order valence-corrected chi connectivity index (χ4v) is 3.02. The van der Waals surface area contributed by atoms with Gasteiger partial charge < -0.3 is 14.6 Å². The van der Waals surface area contributed by atoms with Gasteiger partial charge in [0, 0.05) is 16.2 Å². The van der Waals surface area contributed by atoms with Gasteiger partial charge in [-0.2, -0.15) is 8.78 Å². The monoisotopic (exact) mass is 330 g/mol. The van der Waals surface area contributed by atoms with E-state index >= 15 is 0 Å². The number of nitrogens with one attached hydrogen (secondary N) is 1. The normalized spacial score (nSPS) is 11.0. The molecule has 0 fully saturated rings. The molecule has 2 aromatic heterocycles. The van der Waals surface area contributed by atoms with Gasteiger partial charge >= 0.3 is 6.61 Å². The maximum absolute atomic E-state index is 12.2. The molecule has 0 aliphatic heterocycles. The van der Waals surface area contributed by atoms with E-state index in [4.69, 9.17) is 4.52 Å². The van der Waals surface area contributed by atoms with E-state index in [1.54, 1.807) is 11.3 Å². The predicted molar refractivity (Wildman–Crippen MR) is 78.6 cm³/mol. The van der Waals surface area contributed by atoms with Crippen LogP contribution in [0.4, 0.5) is 14.5 Å². The number of carbonyl (C=O) groups excluding carboxylic acids is 1. The Hall–Kier alpha value is -1.96. The van der Waals surface area contributed by atoms with Crippen molar-refractivity contribution in [1.29, 1.82) is 0 Å². The van der Waals surface area contributed by atoms with Crippen molar-refractivity contribution >= 4 is 22.9 Å². The summed E-state index contributed by atoms with van der Waals surface area (Å²) >= 11 is 1.68. The average Bonchev–Trinajstić information content (AvgIpc) is 2.92. The van der Waals surface area contributed by atoms with E-state index in [-0.39, 0.29) is 23.8 Å². The molecule has 0 atom stereocenters. The fraction of sp³-hybridized carbons (Fsp3) is 0.429. The van der Waals surface area contributed by atoms with Gasteiger partial charge in [0.25, 0.3) is 5.88 Å². The highest BCUT2D eigenvalue weighted by molar-refractivity contribution is 7.12. The lowest BCUT2D eigenvalue weighted by Gasteiger charge is -2.06. The summed E-state index contributed by atoms with van der Waals surface area (Å²) in [5.41, 5.74) is 1.16. The lowest BCUT2D eigenvalue weighted by molar-refractivity contribution is -0.116. The highest BCUT2D eigenvalue weighted by atomic mass is 32.1. The quantitative estimate of drug-likeness (QED) is 0.874. The lowest BCUT2D eigenvalue weighted by atomic mass is 10.1. The minimum absolute atomic E-state index is 0.0449. The first kappa shape index (κ1) is 16.4. The van der Waals surface area contributed by atoms with Crippen molar-refractivity contribution in [2.45, 2.75) is 40.2 Å². The number of amides is 1. The maximum atomic E-state index is 12.2. The highest BCUT2D eigenvalue weighted by Gasteiger charge is 2.20. The number of aryl methyl sites for hydroxylation is 4. The first-order chi connectivity index (χ1) is 10.4. The fourth-order valence-electron chi connectivity index (χ4n) is 2.04. The molecule has 8 heteroatoms. The predicted octanol–water partition coefficient (Wildman–Crippen LogP) is 3.83. The Balaban J connectivity index is 1.97. The summed E-state index contributed by atoms with van der Waals surface area (Å²) in [7, 11) is 0. The van der Waals surface area contributed by atoms with E-state index < -0.39 is 12.5 Å². The number of alkyl halides is 2. The molecule has 2 rings (SSSR count). The number of hydrogen-bond acceptors (Lipinski definition) is 5. The molecule has 0 unspecified atom stereocenters. The molecule has 0 aliphatic carbocycles. The second-order valence-electron chi connectivity index (χ2n) is 4.78. The van der Waals surface area contributed by atoms with E-state index in [2.05, 4.69) is 15.2 Å². The number of ether oxygens (including phenoxy) is 1. The van der Waals surface area contributed by atoms with Gasteiger partial charge in [0.2, 0.25) is 5.91 Å². The molecule has 2 aromatic rings. The van der Waals surface area contributed by atoms with Gasteiger partial charge in [-0.3, -0.25) is 4.79 Å². The van der Waals surface area contributed by atoms with Gasteiger partial charge in [0.1, 0.15) is 5.69 Å². The smallest absolute Gasteiger partial charge is 0.388 e. The van der Waals surface area contributed by atoms with Gasteiger partial charge in [-0.25, -0.2) is 0 Å². The van der Waals surface area contributed by atoms with Crippen LogP contribution in [0.15, 0.2) is 10.6 Å². The Kier molecular flexibility index (Phi) is 5.12. The second kappa shape index (κ2) is 6.87. The van der Waals surface area contributed by atoms with E-state index in [1.807, 2.05) is 19.9 Å².